The molecule has 7 heteroatoms. The van der Waals surface area contributed by atoms with Crippen LogP contribution >= 0.6 is 67.8 Å². The summed E-state index contributed by atoms with van der Waals surface area (Å²) < 4.78 is 2.63. The van der Waals surface area contributed by atoms with Crippen molar-refractivity contribution in [2.75, 3.05) is 18.1 Å². The van der Waals surface area contributed by atoms with Crippen molar-refractivity contribution in [2.45, 2.75) is 12.5 Å². The quantitative estimate of drug-likeness (QED) is 0.334. The smallest absolute Gasteiger partial charge is 0.0811 e. The van der Waals surface area contributed by atoms with Crippen molar-refractivity contribution in [1.29, 1.82) is 0 Å². The van der Waals surface area contributed by atoms with Crippen LogP contribution in [0.15, 0.2) is 0 Å². The number of benzene rings is 1. The molecule has 0 aliphatic rings. The summed E-state index contributed by atoms with van der Waals surface area (Å²) in [6.07, 6.45) is -0.417. The van der Waals surface area contributed by atoms with Gasteiger partial charge < -0.3 is 21.7 Å². The van der Waals surface area contributed by atoms with Crippen LogP contribution in [0.4, 0.5) is 11.4 Å². The lowest BCUT2D eigenvalue weighted by Crippen LogP contribution is -2.18. The Labute approximate surface area is 135 Å². The van der Waals surface area contributed by atoms with Crippen LogP contribution in [0.5, 0.6) is 0 Å². The molecule has 4 nitrogen and oxygen atoms in total. The van der Waals surface area contributed by atoms with Crippen molar-refractivity contribution < 1.29 is 10.2 Å². The summed E-state index contributed by atoms with van der Waals surface area (Å²) in [5, 5.41) is 18.3. The van der Waals surface area contributed by atoms with Crippen LogP contribution < -0.4 is 11.5 Å². The standard InChI is InChI=1S/C9H11I3N2O2/c10-5-4(1-3(16)2-15)6(11)9(14)7(12)8(5)13/h3,15-16H,1-2,13-14H2. The third-order valence-corrected chi connectivity index (χ3v) is 5.75. The molecular formula is C9H11I3N2O2. The molecule has 90 valence electrons. The Morgan fingerprint density at radius 3 is 1.81 bits per heavy atom. The SMILES string of the molecule is Nc1c(I)c(N)c(I)c(CC(O)CO)c1I. The minimum Gasteiger partial charge on any atom is -0.397 e. The molecule has 0 fully saturated rings. The number of halogens is 3. The fourth-order valence-electron chi connectivity index (χ4n) is 1.24. The molecule has 0 spiro atoms. The molecule has 0 bridgehead atoms. The highest BCUT2D eigenvalue weighted by Gasteiger charge is 2.18. The summed E-state index contributed by atoms with van der Waals surface area (Å²) >= 11 is 6.39. The Morgan fingerprint density at radius 2 is 1.44 bits per heavy atom. The van der Waals surface area contributed by atoms with Gasteiger partial charge in [-0.25, -0.2) is 0 Å². The molecule has 0 saturated carbocycles. The number of hydrogen-bond donors (Lipinski definition) is 4. The van der Waals surface area contributed by atoms with Gasteiger partial charge in [-0.1, -0.05) is 0 Å². The first-order chi connectivity index (χ1) is 7.40. The fraction of sp³-hybridized carbons (Fsp3) is 0.333. The molecule has 0 aliphatic carbocycles. The summed E-state index contributed by atoms with van der Waals surface area (Å²) in [5.41, 5.74) is 14.0. The van der Waals surface area contributed by atoms with Crippen LogP contribution in [-0.2, 0) is 6.42 Å². The van der Waals surface area contributed by atoms with E-state index >= 15 is 0 Å². The van der Waals surface area contributed by atoms with E-state index in [1.54, 1.807) is 0 Å². The molecule has 0 saturated heterocycles. The molecule has 0 heterocycles. The second-order valence-corrected chi connectivity index (χ2v) is 6.52. The van der Waals surface area contributed by atoms with Crippen LogP contribution in [0.2, 0.25) is 0 Å². The van der Waals surface area contributed by atoms with Gasteiger partial charge >= 0.3 is 0 Å². The van der Waals surface area contributed by atoms with Crippen LogP contribution in [0.25, 0.3) is 0 Å². The van der Waals surface area contributed by atoms with Gasteiger partial charge in [-0.2, -0.15) is 0 Å². The van der Waals surface area contributed by atoms with E-state index in [2.05, 4.69) is 67.8 Å². The average molecular weight is 560 g/mol. The minimum atomic E-state index is -0.777. The molecule has 0 radical (unpaired) electrons. The van der Waals surface area contributed by atoms with Crippen molar-refractivity contribution in [3.63, 3.8) is 0 Å². The molecule has 0 aromatic heterocycles. The van der Waals surface area contributed by atoms with Gasteiger partial charge in [0.05, 0.1) is 27.7 Å². The van der Waals surface area contributed by atoms with E-state index in [0.29, 0.717) is 17.8 Å². The maximum atomic E-state index is 9.47. The van der Waals surface area contributed by atoms with Gasteiger partial charge in [0.15, 0.2) is 0 Å². The monoisotopic (exact) mass is 560 g/mol. The first-order valence-corrected chi connectivity index (χ1v) is 7.63. The molecule has 1 aromatic rings. The van der Waals surface area contributed by atoms with Gasteiger partial charge in [0, 0.05) is 13.6 Å². The highest BCUT2D eigenvalue weighted by atomic mass is 127. The number of hydrogen-bond acceptors (Lipinski definition) is 4. The Bertz CT molecular complexity index is 383. The molecular weight excluding hydrogens is 549 g/mol. The number of rotatable bonds is 3. The first-order valence-electron chi connectivity index (χ1n) is 4.39. The Kier molecular flexibility index (Phi) is 5.81. The summed E-state index contributed by atoms with van der Waals surface area (Å²) in [7, 11) is 0. The highest BCUT2D eigenvalue weighted by Crippen LogP contribution is 2.35. The van der Waals surface area contributed by atoms with E-state index in [4.69, 9.17) is 16.6 Å². The van der Waals surface area contributed by atoms with Crippen molar-refractivity contribution in [1.82, 2.24) is 0 Å². The van der Waals surface area contributed by atoms with Gasteiger partial charge in [0.1, 0.15) is 0 Å². The van der Waals surface area contributed by atoms with Gasteiger partial charge in [0.25, 0.3) is 0 Å². The Balaban J connectivity index is 3.28. The van der Waals surface area contributed by atoms with Gasteiger partial charge in [-0.05, 0) is 73.3 Å². The number of nitrogens with two attached hydrogens (primary N) is 2. The van der Waals surface area contributed by atoms with E-state index in [0.717, 1.165) is 16.3 Å². The zero-order valence-electron chi connectivity index (χ0n) is 8.17. The van der Waals surface area contributed by atoms with Crippen LogP contribution in [0, 0.1) is 10.7 Å². The second kappa shape index (κ2) is 6.20. The molecule has 16 heavy (non-hydrogen) atoms. The Morgan fingerprint density at radius 1 is 1.00 bits per heavy atom. The van der Waals surface area contributed by atoms with Gasteiger partial charge in [0.2, 0.25) is 0 Å². The van der Waals surface area contributed by atoms with Gasteiger partial charge in [-0.15, -0.1) is 0 Å². The molecule has 0 amide bonds. The molecule has 1 atom stereocenters. The molecule has 1 unspecified atom stereocenters. The molecule has 0 aliphatic heterocycles. The summed E-state index contributed by atoms with van der Waals surface area (Å²) in [6.45, 7) is -0.266. The fourth-order valence-corrected chi connectivity index (χ4v) is 4.85. The van der Waals surface area contributed by atoms with Gasteiger partial charge in [-0.3, -0.25) is 0 Å². The number of aliphatic hydroxyl groups excluding tert-OH is 2. The normalized spacial score (nSPS) is 12.8. The average Bonchev–Trinajstić information content (AvgIpc) is 2.29. The van der Waals surface area contributed by atoms with E-state index in [-0.39, 0.29) is 6.61 Å². The molecule has 6 N–H and O–H groups in total. The van der Waals surface area contributed by atoms with Crippen LogP contribution in [0.1, 0.15) is 5.56 Å². The number of nitrogen functional groups attached to an aromatic ring is 2. The summed E-state index contributed by atoms with van der Waals surface area (Å²) in [5.74, 6) is 0. The van der Waals surface area contributed by atoms with Crippen LogP contribution in [0.3, 0.4) is 0 Å². The van der Waals surface area contributed by atoms with Crippen molar-refractivity contribution in [3.8, 4) is 0 Å². The zero-order valence-corrected chi connectivity index (χ0v) is 14.6. The molecule has 1 aromatic carbocycles. The largest absolute Gasteiger partial charge is 0.397 e. The topological polar surface area (TPSA) is 92.5 Å². The predicted molar refractivity (Wildman–Crippen MR) is 90.2 cm³/mol. The van der Waals surface area contributed by atoms with Crippen molar-refractivity contribution in [2.24, 2.45) is 0 Å². The van der Waals surface area contributed by atoms with E-state index in [1.165, 1.54) is 0 Å². The predicted octanol–water partition coefficient (Wildman–Crippen LogP) is 1.56. The third kappa shape index (κ3) is 3.03. The van der Waals surface area contributed by atoms with E-state index in [1.807, 2.05) is 0 Å². The Hall–Kier alpha value is 0.930. The second-order valence-electron chi connectivity index (χ2n) is 3.29. The molecule has 1 rings (SSSR count). The summed E-state index contributed by atoms with van der Waals surface area (Å²) in [4.78, 5) is 0. The lowest BCUT2D eigenvalue weighted by atomic mass is 10.1. The maximum Gasteiger partial charge on any atom is 0.0811 e. The van der Waals surface area contributed by atoms with Crippen molar-refractivity contribution >= 4 is 79.1 Å². The van der Waals surface area contributed by atoms with E-state index in [9.17, 15) is 5.11 Å². The first kappa shape index (κ1) is 15.0. The summed E-state index contributed by atoms with van der Waals surface area (Å²) in [6, 6.07) is 0. The zero-order chi connectivity index (χ0) is 12.5. The van der Waals surface area contributed by atoms with Crippen LogP contribution in [-0.4, -0.2) is 22.9 Å². The third-order valence-electron chi connectivity index (χ3n) is 2.13. The lowest BCUT2D eigenvalue weighted by molar-refractivity contribution is 0.0952. The maximum absolute atomic E-state index is 9.47. The van der Waals surface area contributed by atoms with E-state index < -0.39 is 6.10 Å². The number of aliphatic hydroxyl groups is 2. The number of anilines is 2. The lowest BCUT2D eigenvalue weighted by Gasteiger charge is -2.16. The van der Waals surface area contributed by atoms with Crippen molar-refractivity contribution in [3.05, 3.63) is 16.3 Å². The minimum absolute atomic E-state index is 0.266. The highest BCUT2D eigenvalue weighted by molar-refractivity contribution is 14.1.